The fraction of sp³-hybridized carbons (Fsp3) is 0.571. The SMILES string of the molecule is CCOCCC1(CNC(=NC)NCCCn2ccc3ccccc32)CC1.I. The summed E-state index contributed by atoms with van der Waals surface area (Å²) in [6.07, 6.45) is 6.98. The summed E-state index contributed by atoms with van der Waals surface area (Å²) in [7, 11) is 1.84. The predicted octanol–water partition coefficient (Wildman–Crippen LogP) is 4.02. The van der Waals surface area contributed by atoms with Crippen molar-refractivity contribution in [2.24, 2.45) is 10.4 Å². The van der Waals surface area contributed by atoms with E-state index < -0.39 is 0 Å². The summed E-state index contributed by atoms with van der Waals surface area (Å²) >= 11 is 0. The van der Waals surface area contributed by atoms with Gasteiger partial charge < -0.3 is 19.9 Å². The summed E-state index contributed by atoms with van der Waals surface area (Å²) in [5, 5.41) is 8.25. The molecule has 150 valence electrons. The molecular formula is C21H33IN4O. The Morgan fingerprint density at radius 2 is 2.04 bits per heavy atom. The molecule has 0 amide bonds. The van der Waals surface area contributed by atoms with Crippen LogP contribution in [-0.2, 0) is 11.3 Å². The maximum Gasteiger partial charge on any atom is 0.190 e. The number of aromatic nitrogens is 1. The number of guanidine groups is 1. The number of halogens is 1. The Morgan fingerprint density at radius 3 is 2.78 bits per heavy atom. The van der Waals surface area contributed by atoms with E-state index in [-0.39, 0.29) is 24.0 Å². The maximum atomic E-state index is 5.51. The predicted molar refractivity (Wildman–Crippen MR) is 124 cm³/mol. The van der Waals surface area contributed by atoms with Crippen molar-refractivity contribution >= 4 is 40.8 Å². The minimum atomic E-state index is 0. The second kappa shape index (κ2) is 10.9. The van der Waals surface area contributed by atoms with Gasteiger partial charge in [0, 0.05) is 51.6 Å². The molecule has 3 rings (SSSR count). The lowest BCUT2D eigenvalue weighted by molar-refractivity contribution is 0.128. The highest BCUT2D eigenvalue weighted by atomic mass is 127. The lowest BCUT2D eigenvalue weighted by Crippen LogP contribution is -2.41. The van der Waals surface area contributed by atoms with Gasteiger partial charge in [0.25, 0.3) is 0 Å². The average Bonchev–Trinajstić information content (AvgIpc) is 3.32. The van der Waals surface area contributed by atoms with E-state index in [9.17, 15) is 0 Å². The van der Waals surface area contributed by atoms with Crippen LogP contribution in [0.5, 0.6) is 0 Å². The molecule has 27 heavy (non-hydrogen) atoms. The first-order valence-corrected chi connectivity index (χ1v) is 9.82. The maximum absolute atomic E-state index is 5.51. The summed E-state index contributed by atoms with van der Waals surface area (Å²) in [5.74, 6) is 0.907. The van der Waals surface area contributed by atoms with Gasteiger partial charge in [-0.3, -0.25) is 4.99 Å². The van der Waals surface area contributed by atoms with Gasteiger partial charge in [0.2, 0.25) is 0 Å². The highest BCUT2D eigenvalue weighted by Crippen LogP contribution is 2.48. The van der Waals surface area contributed by atoms with Gasteiger partial charge in [-0.15, -0.1) is 24.0 Å². The molecule has 2 N–H and O–H groups in total. The molecule has 0 aliphatic heterocycles. The molecule has 6 heteroatoms. The van der Waals surface area contributed by atoms with E-state index in [1.54, 1.807) is 0 Å². The van der Waals surface area contributed by atoms with Crippen LogP contribution in [0.15, 0.2) is 41.5 Å². The van der Waals surface area contributed by atoms with Gasteiger partial charge in [-0.1, -0.05) is 18.2 Å². The second-order valence-electron chi connectivity index (χ2n) is 7.22. The van der Waals surface area contributed by atoms with Gasteiger partial charge in [0.1, 0.15) is 0 Å². The number of para-hydroxylation sites is 1. The van der Waals surface area contributed by atoms with Crippen LogP contribution in [0.2, 0.25) is 0 Å². The standard InChI is InChI=1S/C21H32N4O.HI/c1-3-26-16-12-21(10-11-21)17-24-20(22-2)23-13-6-14-25-15-9-18-7-4-5-8-19(18)25;/h4-5,7-9,15H,3,6,10-14,16-17H2,1-2H3,(H2,22,23,24);1H. The average molecular weight is 484 g/mol. The number of nitrogens with zero attached hydrogens (tertiary/aromatic N) is 2. The lowest BCUT2D eigenvalue weighted by Gasteiger charge is -2.18. The van der Waals surface area contributed by atoms with Gasteiger partial charge >= 0.3 is 0 Å². The van der Waals surface area contributed by atoms with E-state index >= 15 is 0 Å². The van der Waals surface area contributed by atoms with Crippen molar-refractivity contribution < 1.29 is 4.74 Å². The van der Waals surface area contributed by atoms with Crippen molar-refractivity contribution in [3.63, 3.8) is 0 Å². The molecule has 1 heterocycles. The Morgan fingerprint density at radius 1 is 1.22 bits per heavy atom. The molecule has 0 radical (unpaired) electrons. The smallest absolute Gasteiger partial charge is 0.190 e. The van der Waals surface area contributed by atoms with Crippen molar-refractivity contribution in [1.29, 1.82) is 0 Å². The van der Waals surface area contributed by atoms with Gasteiger partial charge in [0.15, 0.2) is 5.96 Å². The fourth-order valence-corrected chi connectivity index (χ4v) is 3.41. The summed E-state index contributed by atoms with van der Waals surface area (Å²) in [6.45, 7) is 6.65. The minimum absolute atomic E-state index is 0. The van der Waals surface area contributed by atoms with Crippen molar-refractivity contribution in [1.82, 2.24) is 15.2 Å². The summed E-state index contributed by atoms with van der Waals surface area (Å²) in [6, 6.07) is 10.7. The molecule has 5 nitrogen and oxygen atoms in total. The number of hydrogen-bond acceptors (Lipinski definition) is 2. The normalized spacial score (nSPS) is 15.4. The summed E-state index contributed by atoms with van der Waals surface area (Å²) in [5.41, 5.74) is 1.73. The van der Waals surface area contributed by atoms with Crippen LogP contribution in [0, 0.1) is 5.41 Å². The van der Waals surface area contributed by atoms with Gasteiger partial charge in [-0.2, -0.15) is 0 Å². The quantitative estimate of drug-likeness (QED) is 0.232. The largest absolute Gasteiger partial charge is 0.382 e. The van der Waals surface area contributed by atoms with Gasteiger partial charge in [0.05, 0.1) is 0 Å². The topological polar surface area (TPSA) is 50.6 Å². The van der Waals surface area contributed by atoms with Crippen LogP contribution in [-0.4, -0.2) is 43.9 Å². The van der Waals surface area contributed by atoms with E-state index in [0.717, 1.165) is 51.6 Å². The number of hydrogen-bond donors (Lipinski definition) is 2. The minimum Gasteiger partial charge on any atom is -0.382 e. The number of aliphatic imine (C=N–C) groups is 1. The molecule has 1 saturated carbocycles. The first kappa shape index (κ1) is 22.0. The van der Waals surface area contributed by atoms with Crippen LogP contribution in [0.3, 0.4) is 0 Å². The molecule has 0 atom stereocenters. The highest BCUT2D eigenvalue weighted by Gasteiger charge is 2.41. The number of nitrogens with one attached hydrogen (secondary N) is 2. The number of rotatable bonds is 10. The molecule has 0 unspecified atom stereocenters. The zero-order chi connectivity index (χ0) is 18.2. The van der Waals surface area contributed by atoms with Gasteiger partial charge in [-0.25, -0.2) is 0 Å². The summed E-state index contributed by atoms with van der Waals surface area (Å²) < 4.78 is 7.83. The third kappa shape index (κ3) is 6.38. The monoisotopic (exact) mass is 484 g/mol. The van der Waals surface area contributed by atoms with Crippen molar-refractivity contribution in [3.8, 4) is 0 Å². The molecule has 0 bridgehead atoms. The van der Waals surface area contributed by atoms with E-state index in [1.807, 2.05) is 7.05 Å². The fourth-order valence-electron chi connectivity index (χ4n) is 3.41. The lowest BCUT2D eigenvalue weighted by atomic mass is 10.0. The molecule has 2 aromatic rings. The van der Waals surface area contributed by atoms with Gasteiger partial charge in [-0.05, 0) is 55.5 Å². The van der Waals surface area contributed by atoms with Crippen LogP contribution in [0.1, 0.15) is 32.6 Å². The van der Waals surface area contributed by atoms with E-state index in [0.29, 0.717) is 5.41 Å². The summed E-state index contributed by atoms with van der Waals surface area (Å²) in [4.78, 5) is 4.36. The molecule has 0 saturated heterocycles. The van der Waals surface area contributed by atoms with Crippen molar-refractivity contribution in [2.45, 2.75) is 39.2 Å². The van der Waals surface area contributed by atoms with E-state index in [1.165, 1.54) is 23.7 Å². The number of aryl methyl sites for hydroxylation is 1. The van der Waals surface area contributed by atoms with E-state index in [2.05, 4.69) is 63.6 Å². The molecule has 1 aromatic heterocycles. The van der Waals surface area contributed by atoms with Crippen LogP contribution >= 0.6 is 24.0 Å². The Balaban J connectivity index is 0.00000261. The third-order valence-corrected chi connectivity index (χ3v) is 5.34. The molecule has 1 aliphatic rings. The molecule has 1 aliphatic carbocycles. The van der Waals surface area contributed by atoms with Crippen LogP contribution < -0.4 is 10.6 Å². The Hall–Kier alpha value is -1.28. The third-order valence-electron chi connectivity index (χ3n) is 5.34. The molecule has 0 spiro atoms. The molecular weight excluding hydrogens is 451 g/mol. The van der Waals surface area contributed by atoms with Crippen molar-refractivity contribution in [3.05, 3.63) is 36.5 Å². The molecule has 1 aromatic carbocycles. The highest BCUT2D eigenvalue weighted by molar-refractivity contribution is 14.0. The van der Waals surface area contributed by atoms with Crippen molar-refractivity contribution in [2.75, 3.05) is 33.4 Å². The van der Waals surface area contributed by atoms with Crippen LogP contribution in [0.25, 0.3) is 10.9 Å². The Kier molecular flexibility index (Phi) is 8.89. The number of ether oxygens (including phenoxy) is 1. The Bertz CT molecular complexity index is 724. The number of benzene rings is 1. The molecule has 1 fully saturated rings. The first-order chi connectivity index (χ1) is 12.8. The van der Waals surface area contributed by atoms with Crippen LogP contribution in [0.4, 0.5) is 0 Å². The first-order valence-electron chi connectivity index (χ1n) is 9.82. The Labute approximate surface area is 180 Å². The van der Waals surface area contributed by atoms with E-state index in [4.69, 9.17) is 4.74 Å². The second-order valence-corrected chi connectivity index (χ2v) is 7.22. The number of fused-ring (bicyclic) bond motifs is 1. The zero-order valence-electron chi connectivity index (χ0n) is 16.5. The zero-order valence-corrected chi connectivity index (χ0v) is 18.9.